The molecule has 82 valence electrons. The quantitative estimate of drug-likeness (QED) is 0.622. The molecule has 0 atom stereocenters. The zero-order valence-corrected chi connectivity index (χ0v) is 8.69. The zero-order valence-electron chi connectivity index (χ0n) is 8.69. The summed E-state index contributed by atoms with van der Waals surface area (Å²) in [6.07, 6.45) is 2.15. The standard InChI is InChI=1S/C12H14O3.Na.H/c1-2-3-8-11(13)9-6-4-5-7-10(9)12(14)15;;/h4-7H,2-3,8H2,1H3,(H,14,15);;. The Kier molecular flexibility index (Phi) is 7.30. The summed E-state index contributed by atoms with van der Waals surface area (Å²) in [7, 11) is 0. The first kappa shape index (κ1) is 15.4. The molecule has 0 unspecified atom stereocenters. The van der Waals surface area contributed by atoms with Gasteiger partial charge in [0, 0.05) is 12.0 Å². The van der Waals surface area contributed by atoms with Crippen molar-refractivity contribution in [3.63, 3.8) is 0 Å². The van der Waals surface area contributed by atoms with Gasteiger partial charge in [0.25, 0.3) is 0 Å². The molecule has 1 N–H and O–H groups in total. The predicted octanol–water partition coefficient (Wildman–Crippen LogP) is 2.11. The Morgan fingerprint density at radius 2 is 1.75 bits per heavy atom. The van der Waals surface area contributed by atoms with Crippen LogP contribution in [0.5, 0.6) is 0 Å². The van der Waals surface area contributed by atoms with Gasteiger partial charge in [-0.25, -0.2) is 4.79 Å². The molecule has 0 aromatic heterocycles. The Morgan fingerprint density at radius 1 is 1.19 bits per heavy atom. The van der Waals surface area contributed by atoms with Crippen molar-refractivity contribution < 1.29 is 14.7 Å². The molecule has 0 amide bonds. The minimum absolute atomic E-state index is 0. The average Bonchev–Trinajstić information content (AvgIpc) is 2.25. The first-order valence-electron chi connectivity index (χ1n) is 5.02. The molecule has 1 aromatic rings. The van der Waals surface area contributed by atoms with E-state index in [-0.39, 0.29) is 40.9 Å². The molecule has 1 rings (SSSR count). The summed E-state index contributed by atoms with van der Waals surface area (Å²) >= 11 is 0. The van der Waals surface area contributed by atoms with E-state index >= 15 is 0 Å². The fourth-order valence-electron chi connectivity index (χ4n) is 1.38. The summed E-state index contributed by atoms with van der Waals surface area (Å²) in [5, 5.41) is 8.89. The molecule has 16 heavy (non-hydrogen) atoms. The number of hydrogen-bond acceptors (Lipinski definition) is 2. The van der Waals surface area contributed by atoms with Crippen molar-refractivity contribution >= 4 is 41.3 Å². The molecule has 0 saturated carbocycles. The van der Waals surface area contributed by atoms with Crippen LogP contribution in [-0.2, 0) is 0 Å². The number of aromatic carboxylic acids is 1. The van der Waals surface area contributed by atoms with Crippen molar-refractivity contribution in [3.8, 4) is 0 Å². The van der Waals surface area contributed by atoms with Crippen molar-refractivity contribution in [2.45, 2.75) is 26.2 Å². The molecular formula is C12H15NaO3. The number of carbonyl (C=O) groups excluding carboxylic acids is 1. The summed E-state index contributed by atoms with van der Waals surface area (Å²) in [6.45, 7) is 2.00. The summed E-state index contributed by atoms with van der Waals surface area (Å²) < 4.78 is 0. The van der Waals surface area contributed by atoms with Crippen molar-refractivity contribution in [3.05, 3.63) is 35.4 Å². The minimum atomic E-state index is -1.05. The zero-order chi connectivity index (χ0) is 11.3. The number of carbonyl (C=O) groups is 2. The fraction of sp³-hybridized carbons (Fsp3) is 0.333. The van der Waals surface area contributed by atoms with E-state index < -0.39 is 5.97 Å². The number of carboxylic acid groups (broad SMARTS) is 1. The van der Waals surface area contributed by atoms with Gasteiger partial charge in [0.1, 0.15) is 0 Å². The van der Waals surface area contributed by atoms with Crippen molar-refractivity contribution in [1.29, 1.82) is 0 Å². The Bertz CT molecular complexity index is 374. The van der Waals surface area contributed by atoms with E-state index in [1.165, 1.54) is 6.07 Å². The number of ketones is 1. The normalized spacial score (nSPS) is 9.31. The number of hydrogen-bond donors (Lipinski definition) is 1. The van der Waals surface area contributed by atoms with Gasteiger partial charge in [-0.05, 0) is 12.5 Å². The number of Topliss-reactive ketones (excluding diaryl/α,β-unsaturated/α-hetero) is 1. The van der Waals surface area contributed by atoms with Gasteiger partial charge in [-0.2, -0.15) is 0 Å². The Morgan fingerprint density at radius 3 is 2.25 bits per heavy atom. The van der Waals surface area contributed by atoms with Crippen LogP contribution >= 0.6 is 0 Å². The molecule has 4 heteroatoms. The van der Waals surface area contributed by atoms with Gasteiger partial charge in [0.2, 0.25) is 0 Å². The van der Waals surface area contributed by atoms with E-state index in [9.17, 15) is 9.59 Å². The van der Waals surface area contributed by atoms with E-state index in [0.29, 0.717) is 12.0 Å². The molecule has 0 heterocycles. The third-order valence-electron chi connectivity index (χ3n) is 2.22. The average molecular weight is 230 g/mol. The second-order valence-electron chi connectivity index (χ2n) is 3.38. The van der Waals surface area contributed by atoms with Crippen molar-refractivity contribution in [2.75, 3.05) is 0 Å². The third-order valence-corrected chi connectivity index (χ3v) is 2.22. The molecule has 0 bridgehead atoms. The van der Waals surface area contributed by atoms with Crippen molar-refractivity contribution in [1.82, 2.24) is 0 Å². The summed E-state index contributed by atoms with van der Waals surface area (Å²) in [5.41, 5.74) is 0.414. The Balaban J connectivity index is 0.00000225. The maximum absolute atomic E-state index is 11.7. The summed E-state index contributed by atoms with van der Waals surface area (Å²) in [5.74, 6) is -1.13. The predicted molar refractivity (Wildman–Crippen MR) is 64.4 cm³/mol. The van der Waals surface area contributed by atoms with Gasteiger partial charge in [-0.1, -0.05) is 31.5 Å². The van der Waals surface area contributed by atoms with E-state index in [4.69, 9.17) is 5.11 Å². The molecular weight excluding hydrogens is 215 g/mol. The molecule has 0 spiro atoms. The van der Waals surface area contributed by atoms with Crippen LogP contribution in [0.4, 0.5) is 0 Å². The molecule has 0 aliphatic carbocycles. The topological polar surface area (TPSA) is 54.4 Å². The van der Waals surface area contributed by atoms with Gasteiger partial charge < -0.3 is 5.11 Å². The second kappa shape index (κ2) is 7.60. The number of carboxylic acids is 1. The number of benzene rings is 1. The Labute approximate surface area is 117 Å². The van der Waals surface area contributed by atoms with Gasteiger partial charge >= 0.3 is 35.5 Å². The summed E-state index contributed by atoms with van der Waals surface area (Å²) in [6, 6.07) is 6.34. The van der Waals surface area contributed by atoms with Crippen LogP contribution in [0.15, 0.2) is 24.3 Å². The molecule has 1 aromatic carbocycles. The van der Waals surface area contributed by atoms with E-state index in [1.54, 1.807) is 18.2 Å². The molecule has 0 aliphatic heterocycles. The molecule has 0 aliphatic rings. The van der Waals surface area contributed by atoms with Crippen LogP contribution in [0.25, 0.3) is 0 Å². The Hall–Kier alpha value is -0.640. The van der Waals surface area contributed by atoms with Crippen LogP contribution in [0.2, 0.25) is 0 Å². The van der Waals surface area contributed by atoms with Gasteiger partial charge in [-0.15, -0.1) is 0 Å². The van der Waals surface area contributed by atoms with Crippen molar-refractivity contribution in [2.24, 2.45) is 0 Å². The third kappa shape index (κ3) is 4.08. The van der Waals surface area contributed by atoms with Crippen LogP contribution in [0, 0.1) is 0 Å². The van der Waals surface area contributed by atoms with Gasteiger partial charge in [0.05, 0.1) is 5.56 Å². The monoisotopic (exact) mass is 230 g/mol. The molecule has 0 radical (unpaired) electrons. The molecule has 3 nitrogen and oxygen atoms in total. The fourth-order valence-corrected chi connectivity index (χ4v) is 1.38. The first-order valence-corrected chi connectivity index (χ1v) is 5.02. The number of rotatable bonds is 5. The van der Waals surface area contributed by atoms with E-state index in [1.807, 2.05) is 6.92 Å². The van der Waals surface area contributed by atoms with Crippen LogP contribution in [0.3, 0.4) is 0 Å². The summed E-state index contributed by atoms with van der Waals surface area (Å²) in [4.78, 5) is 22.5. The van der Waals surface area contributed by atoms with E-state index in [2.05, 4.69) is 0 Å². The van der Waals surface area contributed by atoms with Gasteiger partial charge in [0.15, 0.2) is 5.78 Å². The van der Waals surface area contributed by atoms with Crippen LogP contribution in [-0.4, -0.2) is 46.4 Å². The van der Waals surface area contributed by atoms with Crippen LogP contribution < -0.4 is 0 Å². The van der Waals surface area contributed by atoms with E-state index in [0.717, 1.165) is 12.8 Å². The number of unbranched alkanes of at least 4 members (excludes halogenated alkanes) is 1. The van der Waals surface area contributed by atoms with Crippen LogP contribution in [0.1, 0.15) is 46.9 Å². The SMILES string of the molecule is CCCCC(=O)c1ccccc1C(=O)O.[NaH]. The first-order chi connectivity index (χ1) is 7.16. The molecule has 0 fully saturated rings. The molecule has 0 saturated heterocycles. The van der Waals surface area contributed by atoms with Gasteiger partial charge in [-0.3, -0.25) is 4.79 Å². The second-order valence-corrected chi connectivity index (χ2v) is 3.38. The maximum atomic E-state index is 11.7.